The van der Waals surface area contributed by atoms with Crippen LogP contribution in [0, 0.1) is 5.92 Å². The smallest absolute Gasteiger partial charge is 0.268 e. The summed E-state index contributed by atoms with van der Waals surface area (Å²) in [6.07, 6.45) is 2.35. The summed E-state index contributed by atoms with van der Waals surface area (Å²) < 4.78 is 1.58. The lowest BCUT2D eigenvalue weighted by Crippen LogP contribution is -2.41. The topological polar surface area (TPSA) is 103 Å². The molecule has 114 valence electrons. The average molecular weight is 303 g/mol. The zero-order valence-electron chi connectivity index (χ0n) is 12.1. The summed E-state index contributed by atoms with van der Waals surface area (Å²) in [5.41, 5.74) is 11.5. The highest BCUT2D eigenvalue weighted by Crippen LogP contribution is 2.09. The molecule has 1 aromatic rings. The third-order valence-electron chi connectivity index (χ3n) is 2.90. The third-order valence-corrected chi connectivity index (χ3v) is 2.90. The molecule has 1 heterocycles. The quantitative estimate of drug-likeness (QED) is 0.718. The van der Waals surface area contributed by atoms with Gasteiger partial charge in [0.2, 0.25) is 5.91 Å². The van der Waals surface area contributed by atoms with Gasteiger partial charge in [0.05, 0.1) is 5.56 Å². The van der Waals surface area contributed by atoms with Gasteiger partial charge in [0.15, 0.2) is 0 Å². The van der Waals surface area contributed by atoms with E-state index in [2.05, 4.69) is 19.2 Å². The number of hydrogen-bond acceptors (Lipinski definition) is 3. The number of hydrogen-bond donors (Lipinski definition) is 3. The van der Waals surface area contributed by atoms with Crippen molar-refractivity contribution in [2.75, 3.05) is 6.54 Å². The summed E-state index contributed by atoms with van der Waals surface area (Å²) in [4.78, 5) is 23.2. The second-order valence-corrected chi connectivity index (χ2v) is 5.12. The fraction of sp³-hybridized carbons (Fsp3) is 0.538. The predicted octanol–water partition coefficient (Wildman–Crippen LogP) is 0.649. The van der Waals surface area contributed by atoms with Crippen LogP contribution in [0.1, 0.15) is 41.1 Å². The Labute approximate surface area is 125 Å². The fourth-order valence-corrected chi connectivity index (χ4v) is 1.97. The van der Waals surface area contributed by atoms with Crippen molar-refractivity contribution in [1.29, 1.82) is 0 Å². The van der Waals surface area contributed by atoms with E-state index in [0.717, 1.165) is 6.42 Å². The van der Waals surface area contributed by atoms with Crippen LogP contribution in [0.4, 0.5) is 0 Å². The lowest BCUT2D eigenvalue weighted by molar-refractivity contribution is 0.0925. The van der Waals surface area contributed by atoms with Crippen LogP contribution < -0.4 is 16.8 Å². The molecule has 1 atom stereocenters. The van der Waals surface area contributed by atoms with Crippen molar-refractivity contribution in [2.24, 2.45) is 24.4 Å². The van der Waals surface area contributed by atoms with Gasteiger partial charge in [-0.3, -0.25) is 9.59 Å². The Morgan fingerprint density at radius 3 is 2.40 bits per heavy atom. The van der Waals surface area contributed by atoms with E-state index in [1.165, 1.54) is 12.3 Å². The normalized spacial score (nSPS) is 11.8. The summed E-state index contributed by atoms with van der Waals surface area (Å²) in [7, 11) is 1.70. The molecule has 5 N–H and O–H groups in total. The molecule has 0 spiro atoms. The molecular formula is C13H23ClN4O2. The Balaban J connectivity index is 0.00000361. The number of rotatable bonds is 6. The number of nitrogens with zero attached hydrogens (tertiary/aromatic N) is 1. The number of nitrogens with two attached hydrogens (primary N) is 2. The van der Waals surface area contributed by atoms with Crippen LogP contribution in [0.5, 0.6) is 0 Å². The minimum absolute atomic E-state index is 0. The summed E-state index contributed by atoms with van der Waals surface area (Å²) in [5, 5.41) is 2.87. The maximum Gasteiger partial charge on any atom is 0.268 e. The first-order valence-corrected chi connectivity index (χ1v) is 6.32. The molecule has 0 bridgehead atoms. The largest absolute Gasteiger partial charge is 0.366 e. The number of nitrogens with one attached hydrogen (secondary N) is 1. The number of carbonyl (C=O) groups excluding carboxylic acids is 2. The van der Waals surface area contributed by atoms with Crippen molar-refractivity contribution in [3.63, 3.8) is 0 Å². The van der Waals surface area contributed by atoms with Crippen LogP contribution in [0.25, 0.3) is 0 Å². The molecule has 0 aromatic carbocycles. The lowest BCUT2D eigenvalue weighted by atomic mass is 10.0. The van der Waals surface area contributed by atoms with Crippen LogP contribution in [0.3, 0.4) is 0 Å². The zero-order valence-corrected chi connectivity index (χ0v) is 12.9. The second-order valence-electron chi connectivity index (χ2n) is 5.12. The monoisotopic (exact) mass is 302 g/mol. The summed E-state index contributed by atoms with van der Waals surface area (Å²) in [5.74, 6) is -0.346. The van der Waals surface area contributed by atoms with E-state index in [-0.39, 0.29) is 24.4 Å². The molecule has 6 nitrogen and oxygen atoms in total. The van der Waals surface area contributed by atoms with Crippen molar-refractivity contribution in [3.05, 3.63) is 23.5 Å². The maximum atomic E-state index is 12.1. The van der Waals surface area contributed by atoms with Gasteiger partial charge in [-0.2, -0.15) is 0 Å². The molecule has 0 radical (unpaired) electrons. The first kappa shape index (κ1) is 18.5. The molecule has 1 unspecified atom stereocenters. The number of aryl methyl sites for hydroxylation is 1. The van der Waals surface area contributed by atoms with Gasteiger partial charge < -0.3 is 21.4 Å². The van der Waals surface area contributed by atoms with Crippen molar-refractivity contribution >= 4 is 24.2 Å². The van der Waals surface area contributed by atoms with Gasteiger partial charge in [-0.25, -0.2) is 0 Å². The van der Waals surface area contributed by atoms with Crippen molar-refractivity contribution in [3.8, 4) is 0 Å². The van der Waals surface area contributed by atoms with Gasteiger partial charge in [-0.15, -0.1) is 12.4 Å². The number of carbonyl (C=O) groups is 2. The van der Waals surface area contributed by atoms with Crippen molar-refractivity contribution < 1.29 is 9.59 Å². The van der Waals surface area contributed by atoms with Crippen molar-refractivity contribution in [2.45, 2.75) is 26.3 Å². The van der Waals surface area contributed by atoms with E-state index >= 15 is 0 Å². The molecular weight excluding hydrogens is 280 g/mol. The second kappa shape index (κ2) is 7.91. The standard InChI is InChI=1S/C13H22N4O2.ClH/c1-8(2)4-10(6-14)16-13(19)11-5-9(12(15)18)7-17(11)3;/h5,7-8,10H,4,6,14H2,1-3H3,(H2,15,18)(H,16,19);1H. The average Bonchev–Trinajstić information content (AvgIpc) is 2.70. The Bertz CT molecular complexity index is 471. The van der Waals surface area contributed by atoms with Crippen LogP contribution in [0.15, 0.2) is 12.3 Å². The molecule has 1 rings (SSSR count). The third kappa shape index (κ3) is 4.86. The zero-order chi connectivity index (χ0) is 14.6. The van der Waals surface area contributed by atoms with E-state index in [0.29, 0.717) is 23.7 Å². The van der Waals surface area contributed by atoms with E-state index in [9.17, 15) is 9.59 Å². The maximum absolute atomic E-state index is 12.1. The summed E-state index contributed by atoms with van der Waals surface area (Å²) >= 11 is 0. The van der Waals surface area contributed by atoms with E-state index in [1.807, 2.05) is 0 Å². The van der Waals surface area contributed by atoms with Gasteiger partial charge in [0.25, 0.3) is 5.91 Å². The highest BCUT2D eigenvalue weighted by Gasteiger charge is 2.18. The van der Waals surface area contributed by atoms with Crippen LogP contribution in [-0.4, -0.2) is 29.0 Å². The molecule has 0 aliphatic carbocycles. The molecule has 2 amide bonds. The van der Waals surface area contributed by atoms with Crippen LogP contribution >= 0.6 is 12.4 Å². The lowest BCUT2D eigenvalue weighted by Gasteiger charge is -2.18. The number of amides is 2. The predicted molar refractivity (Wildman–Crippen MR) is 80.9 cm³/mol. The molecule has 20 heavy (non-hydrogen) atoms. The van der Waals surface area contributed by atoms with Crippen LogP contribution in [-0.2, 0) is 7.05 Å². The van der Waals surface area contributed by atoms with Crippen molar-refractivity contribution in [1.82, 2.24) is 9.88 Å². The Hall–Kier alpha value is -1.53. The highest BCUT2D eigenvalue weighted by atomic mass is 35.5. The van der Waals surface area contributed by atoms with Gasteiger partial charge >= 0.3 is 0 Å². The Morgan fingerprint density at radius 1 is 1.40 bits per heavy atom. The minimum Gasteiger partial charge on any atom is -0.366 e. The van der Waals surface area contributed by atoms with Gasteiger partial charge in [-0.05, 0) is 18.4 Å². The molecule has 0 aliphatic rings. The number of primary amides is 1. The summed E-state index contributed by atoms with van der Waals surface area (Å²) in [6, 6.07) is 1.42. The molecule has 0 aliphatic heterocycles. The molecule has 0 saturated heterocycles. The first-order chi connectivity index (χ1) is 8.85. The molecule has 1 aromatic heterocycles. The van der Waals surface area contributed by atoms with Gasteiger partial charge in [0, 0.05) is 25.8 Å². The molecule has 7 heteroatoms. The number of aromatic nitrogens is 1. The minimum atomic E-state index is -0.549. The Kier molecular flexibility index (Phi) is 7.31. The van der Waals surface area contributed by atoms with E-state index < -0.39 is 5.91 Å². The molecule has 0 fully saturated rings. The van der Waals surface area contributed by atoms with Crippen LogP contribution in [0.2, 0.25) is 0 Å². The number of halogens is 1. The van der Waals surface area contributed by atoms with Gasteiger partial charge in [-0.1, -0.05) is 13.8 Å². The fourth-order valence-electron chi connectivity index (χ4n) is 1.97. The summed E-state index contributed by atoms with van der Waals surface area (Å²) in [6.45, 7) is 4.53. The first-order valence-electron chi connectivity index (χ1n) is 6.32. The highest BCUT2D eigenvalue weighted by molar-refractivity contribution is 5.98. The van der Waals surface area contributed by atoms with Gasteiger partial charge in [0.1, 0.15) is 5.69 Å². The van der Waals surface area contributed by atoms with E-state index in [1.54, 1.807) is 11.6 Å². The van der Waals surface area contributed by atoms with E-state index in [4.69, 9.17) is 11.5 Å². The SMILES string of the molecule is CC(C)CC(CN)NC(=O)c1cc(C(N)=O)cn1C.Cl. The Morgan fingerprint density at radius 2 is 2.00 bits per heavy atom. The molecule has 0 saturated carbocycles.